The van der Waals surface area contributed by atoms with Crippen LogP contribution in [0.2, 0.25) is 0 Å². The molecule has 1 aromatic carbocycles. The van der Waals surface area contributed by atoms with Crippen molar-refractivity contribution in [3.63, 3.8) is 0 Å². The van der Waals surface area contributed by atoms with Crippen LogP contribution in [0, 0.1) is 0 Å². The molecule has 19 heavy (non-hydrogen) atoms. The third-order valence-corrected chi connectivity index (χ3v) is 3.58. The van der Waals surface area contributed by atoms with Crippen LogP contribution in [0.4, 0.5) is 0 Å². The maximum absolute atomic E-state index is 6.15. The molecule has 0 fully saturated rings. The van der Waals surface area contributed by atoms with Crippen molar-refractivity contribution < 1.29 is 4.74 Å². The molecular weight excluding hydrogens is 238 g/mol. The van der Waals surface area contributed by atoms with Crippen molar-refractivity contribution in [2.24, 2.45) is 5.73 Å². The van der Waals surface area contributed by atoms with E-state index in [1.54, 1.807) is 0 Å². The number of ether oxygens (including phenoxy) is 1. The maximum Gasteiger partial charge on any atom is 0.0593 e. The average Bonchev–Trinajstić information content (AvgIpc) is 2.71. The largest absolute Gasteiger partial charge is 0.379 e. The van der Waals surface area contributed by atoms with Gasteiger partial charge >= 0.3 is 0 Å². The molecule has 0 saturated heterocycles. The number of rotatable bonds is 7. The van der Waals surface area contributed by atoms with E-state index in [1.807, 2.05) is 0 Å². The van der Waals surface area contributed by atoms with Gasteiger partial charge in [-0.2, -0.15) is 0 Å². The number of benzene rings is 1. The van der Waals surface area contributed by atoms with E-state index in [0.29, 0.717) is 6.04 Å². The summed E-state index contributed by atoms with van der Waals surface area (Å²) in [5.74, 6) is 0. The van der Waals surface area contributed by atoms with Crippen molar-refractivity contribution in [2.75, 3.05) is 40.4 Å². The van der Waals surface area contributed by atoms with Gasteiger partial charge < -0.3 is 20.7 Å². The molecule has 0 radical (unpaired) electrons. The Hall–Kier alpha value is -0.940. The number of hydrogen-bond acceptors (Lipinski definition) is 4. The van der Waals surface area contributed by atoms with Gasteiger partial charge in [-0.25, -0.2) is 0 Å². The number of nitrogens with two attached hydrogens (primary N) is 1. The monoisotopic (exact) mass is 263 g/mol. The Morgan fingerprint density at radius 1 is 1.26 bits per heavy atom. The zero-order chi connectivity index (χ0) is 13.7. The van der Waals surface area contributed by atoms with Crippen LogP contribution in [-0.4, -0.2) is 45.3 Å². The summed E-state index contributed by atoms with van der Waals surface area (Å²) in [6.45, 7) is 3.38. The van der Waals surface area contributed by atoms with E-state index in [-0.39, 0.29) is 6.04 Å². The Kier molecular flexibility index (Phi) is 5.34. The van der Waals surface area contributed by atoms with Crippen LogP contribution in [0.15, 0.2) is 24.3 Å². The minimum absolute atomic E-state index is 0.170. The van der Waals surface area contributed by atoms with E-state index < -0.39 is 0 Å². The Morgan fingerprint density at radius 3 is 2.74 bits per heavy atom. The van der Waals surface area contributed by atoms with Crippen molar-refractivity contribution in [1.82, 2.24) is 10.2 Å². The number of hydrogen-bond donors (Lipinski definition) is 2. The SMILES string of the molecule is CN(C)CCOCCNC1CC(N)c2ccccc21. The molecule has 4 heteroatoms. The van der Waals surface area contributed by atoms with Gasteiger partial charge in [-0.1, -0.05) is 24.3 Å². The predicted octanol–water partition coefficient (Wildman–Crippen LogP) is 1.30. The van der Waals surface area contributed by atoms with Crippen LogP contribution in [0.25, 0.3) is 0 Å². The van der Waals surface area contributed by atoms with Gasteiger partial charge in [0.15, 0.2) is 0 Å². The second-order valence-electron chi connectivity index (χ2n) is 5.39. The second kappa shape index (κ2) is 7.01. The minimum atomic E-state index is 0.170. The number of likely N-dealkylation sites (N-methyl/N-ethyl adjacent to an activating group) is 1. The summed E-state index contributed by atoms with van der Waals surface area (Å²) in [6, 6.07) is 9.00. The summed E-state index contributed by atoms with van der Waals surface area (Å²) in [5.41, 5.74) is 8.78. The Bertz CT molecular complexity index is 395. The Labute approximate surface area is 115 Å². The first kappa shape index (κ1) is 14.5. The van der Waals surface area contributed by atoms with E-state index >= 15 is 0 Å². The van der Waals surface area contributed by atoms with Gasteiger partial charge in [0.2, 0.25) is 0 Å². The standard InChI is InChI=1S/C15H25N3O/c1-18(2)8-10-19-9-7-17-15-11-14(16)12-5-3-4-6-13(12)15/h3-6,14-15,17H,7-11,16H2,1-2H3. The molecule has 0 spiro atoms. The molecule has 1 aliphatic carbocycles. The van der Waals surface area contributed by atoms with E-state index in [0.717, 1.165) is 32.7 Å². The predicted molar refractivity (Wildman–Crippen MR) is 78.1 cm³/mol. The van der Waals surface area contributed by atoms with Gasteiger partial charge in [0, 0.05) is 25.2 Å². The smallest absolute Gasteiger partial charge is 0.0593 e. The molecule has 0 amide bonds. The molecule has 4 nitrogen and oxygen atoms in total. The fourth-order valence-corrected chi connectivity index (χ4v) is 2.52. The lowest BCUT2D eigenvalue weighted by Crippen LogP contribution is -2.26. The molecule has 1 aliphatic rings. The summed E-state index contributed by atoms with van der Waals surface area (Å²) in [6.07, 6.45) is 0.983. The quantitative estimate of drug-likeness (QED) is 0.728. The molecule has 106 valence electrons. The molecule has 2 unspecified atom stereocenters. The molecule has 0 saturated carbocycles. The highest BCUT2D eigenvalue weighted by atomic mass is 16.5. The molecule has 0 bridgehead atoms. The highest BCUT2D eigenvalue weighted by Crippen LogP contribution is 2.36. The normalized spacial score (nSPS) is 21.9. The Morgan fingerprint density at radius 2 is 2.00 bits per heavy atom. The van der Waals surface area contributed by atoms with Gasteiger partial charge in [-0.15, -0.1) is 0 Å². The fraction of sp³-hybridized carbons (Fsp3) is 0.600. The molecule has 1 aromatic rings. The summed E-state index contributed by atoms with van der Waals surface area (Å²) in [4.78, 5) is 2.12. The summed E-state index contributed by atoms with van der Waals surface area (Å²) >= 11 is 0. The summed E-state index contributed by atoms with van der Waals surface area (Å²) in [7, 11) is 4.11. The summed E-state index contributed by atoms with van der Waals surface area (Å²) < 4.78 is 5.58. The molecular formula is C15H25N3O. The third kappa shape index (κ3) is 4.01. The first-order valence-electron chi connectivity index (χ1n) is 6.98. The molecule has 0 heterocycles. The lowest BCUT2D eigenvalue weighted by atomic mass is 10.1. The van der Waals surface area contributed by atoms with Crippen molar-refractivity contribution in [3.05, 3.63) is 35.4 Å². The first-order valence-corrected chi connectivity index (χ1v) is 6.98. The van der Waals surface area contributed by atoms with Gasteiger partial charge in [0.05, 0.1) is 13.2 Å². The number of fused-ring (bicyclic) bond motifs is 1. The minimum Gasteiger partial charge on any atom is -0.379 e. The maximum atomic E-state index is 6.15. The zero-order valence-corrected chi connectivity index (χ0v) is 11.9. The van der Waals surface area contributed by atoms with Crippen LogP contribution in [0.3, 0.4) is 0 Å². The lowest BCUT2D eigenvalue weighted by Gasteiger charge is -2.15. The Balaban J connectivity index is 1.70. The first-order chi connectivity index (χ1) is 9.18. The highest BCUT2D eigenvalue weighted by molar-refractivity contribution is 5.37. The topological polar surface area (TPSA) is 50.5 Å². The van der Waals surface area contributed by atoms with E-state index in [2.05, 4.69) is 48.6 Å². The molecule has 3 N–H and O–H groups in total. The van der Waals surface area contributed by atoms with Crippen molar-refractivity contribution in [3.8, 4) is 0 Å². The molecule has 2 atom stereocenters. The van der Waals surface area contributed by atoms with Crippen LogP contribution in [-0.2, 0) is 4.74 Å². The molecule has 0 aliphatic heterocycles. The lowest BCUT2D eigenvalue weighted by molar-refractivity contribution is 0.117. The average molecular weight is 263 g/mol. The third-order valence-electron chi connectivity index (χ3n) is 3.58. The van der Waals surface area contributed by atoms with E-state index in [4.69, 9.17) is 10.5 Å². The van der Waals surface area contributed by atoms with E-state index in [9.17, 15) is 0 Å². The molecule has 2 rings (SSSR count). The van der Waals surface area contributed by atoms with Crippen molar-refractivity contribution in [2.45, 2.75) is 18.5 Å². The van der Waals surface area contributed by atoms with Crippen molar-refractivity contribution in [1.29, 1.82) is 0 Å². The fourth-order valence-electron chi connectivity index (χ4n) is 2.52. The van der Waals surface area contributed by atoms with Crippen LogP contribution < -0.4 is 11.1 Å². The molecule has 0 aromatic heterocycles. The van der Waals surface area contributed by atoms with E-state index in [1.165, 1.54) is 11.1 Å². The van der Waals surface area contributed by atoms with Crippen LogP contribution in [0.5, 0.6) is 0 Å². The zero-order valence-electron chi connectivity index (χ0n) is 11.9. The highest BCUT2D eigenvalue weighted by Gasteiger charge is 2.27. The number of nitrogens with zero attached hydrogens (tertiary/aromatic N) is 1. The van der Waals surface area contributed by atoms with Crippen LogP contribution >= 0.6 is 0 Å². The number of nitrogens with one attached hydrogen (secondary N) is 1. The van der Waals surface area contributed by atoms with Crippen molar-refractivity contribution >= 4 is 0 Å². The van der Waals surface area contributed by atoms with Gasteiger partial charge in [0.25, 0.3) is 0 Å². The van der Waals surface area contributed by atoms with Crippen LogP contribution in [0.1, 0.15) is 29.6 Å². The van der Waals surface area contributed by atoms with Gasteiger partial charge in [0.1, 0.15) is 0 Å². The van der Waals surface area contributed by atoms with Gasteiger partial charge in [-0.05, 0) is 31.6 Å². The van der Waals surface area contributed by atoms with Gasteiger partial charge in [-0.3, -0.25) is 0 Å². The summed E-state index contributed by atoms with van der Waals surface area (Å²) in [5, 5.41) is 3.54. The second-order valence-corrected chi connectivity index (χ2v) is 5.39.